The highest BCUT2D eigenvalue weighted by Crippen LogP contribution is 2.29. The summed E-state index contributed by atoms with van der Waals surface area (Å²) < 4.78 is 10.5. The topological polar surface area (TPSA) is 51.2 Å². The maximum absolute atomic E-state index is 5.84. The van der Waals surface area contributed by atoms with E-state index in [-0.39, 0.29) is 0 Å². The molecule has 0 saturated carbocycles. The number of hydrogen-bond acceptors (Lipinski definition) is 4. The van der Waals surface area contributed by atoms with E-state index in [4.69, 9.17) is 20.4 Å². The molecule has 0 spiro atoms. The van der Waals surface area contributed by atoms with Crippen molar-refractivity contribution in [2.75, 3.05) is 0 Å². The molecule has 2 aromatic rings. The Morgan fingerprint density at radius 2 is 2.31 bits per heavy atom. The summed E-state index contributed by atoms with van der Waals surface area (Å²) in [6.07, 6.45) is 3.17. The summed E-state index contributed by atoms with van der Waals surface area (Å²) >= 11 is 5.84. The Labute approximate surface area is 98.6 Å². The lowest BCUT2D eigenvalue weighted by Crippen LogP contribution is -2.21. The number of nitrogens with one attached hydrogen (secondary N) is 1. The lowest BCUT2D eigenvalue weighted by atomic mass is 10.3. The number of nitrogens with zero attached hydrogens (tertiary/aromatic N) is 1. The molecule has 2 rings (SSSR count). The summed E-state index contributed by atoms with van der Waals surface area (Å²) in [5, 5.41) is 3.54. The molecule has 0 aromatic carbocycles. The summed E-state index contributed by atoms with van der Waals surface area (Å²) in [5.74, 6) is 1.26. The third-order valence-corrected chi connectivity index (χ3v) is 2.39. The molecule has 0 aliphatic carbocycles. The summed E-state index contributed by atoms with van der Waals surface area (Å²) in [6, 6.07) is 2.15. The molecule has 0 unspecified atom stereocenters. The monoisotopic (exact) mass is 240 g/mol. The van der Waals surface area contributed by atoms with Crippen LogP contribution < -0.4 is 5.32 Å². The van der Waals surface area contributed by atoms with Crippen LogP contribution in [0.25, 0.3) is 11.3 Å². The molecule has 0 amide bonds. The van der Waals surface area contributed by atoms with Gasteiger partial charge in [0.05, 0.1) is 24.6 Å². The zero-order chi connectivity index (χ0) is 11.5. The molecule has 5 heteroatoms. The van der Waals surface area contributed by atoms with E-state index in [0.717, 1.165) is 5.56 Å². The zero-order valence-corrected chi connectivity index (χ0v) is 9.91. The predicted octanol–water partition coefficient (Wildman–Crippen LogP) is 3.09. The second-order valence-electron chi connectivity index (χ2n) is 3.76. The van der Waals surface area contributed by atoms with E-state index < -0.39 is 0 Å². The van der Waals surface area contributed by atoms with Crippen LogP contribution in [0.3, 0.4) is 0 Å². The maximum Gasteiger partial charge on any atom is 0.208 e. The Bertz CT molecular complexity index is 462. The lowest BCUT2D eigenvalue weighted by molar-refractivity contribution is 0.458. The van der Waals surface area contributed by atoms with Crippen molar-refractivity contribution in [3.05, 3.63) is 29.6 Å². The number of furan rings is 1. The fourth-order valence-corrected chi connectivity index (χ4v) is 1.49. The van der Waals surface area contributed by atoms with Crippen molar-refractivity contribution in [1.82, 2.24) is 10.3 Å². The fourth-order valence-electron chi connectivity index (χ4n) is 1.28. The van der Waals surface area contributed by atoms with Crippen molar-refractivity contribution >= 4 is 11.6 Å². The molecule has 0 atom stereocenters. The molecule has 86 valence electrons. The van der Waals surface area contributed by atoms with Gasteiger partial charge in [0, 0.05) is 6.04 Å². The first kappa shape index (κ1) is 11.2. The molecule has 2 aromatic heterocycles. The molecule has 4 nitrogen and oxygen atoms in total. The first-order valence-corrected chi connectivity index (χ1v) is 5.46. The van der Waals surface area contributed by atoms with E-state index in [0.29, 0.717) is 29.5 Å². The number of hydrogen-bond donors (Lipinski definition) is 1. The number of rotatable bonds is 4. The predicted molar refractivity (Wildman–Crippen MR) is 61.2 cm³/mol. The molecule has 0 aliphatic heterocycles. The van der Waals surface area contributed by atoms with Crippen molar-refractivity contribution in [2.45, 2.75) is 26.4 Å². The Morgan fingerprint density at radius 1 is 1.50 bits per heavy atom. The minimum Gasteiger partial charge on any atom is -0.452 e. The van der Waals surface area contributed by atoms with Crippen molar-refractivity contribution in [3.63, 3.8) is 0 Å². The molecule has 1 N–H and O–H groups in total. The van der Waals surface area contributed by atoms with Crippen LogP contribution >= 0.6 is 11.6 Å². The molecule has 0 bridgehead atoms. The standard InChI is InChI=1S/C11H13ClN2O2/c1-7(2)13-6-10-14-5-9(16-10)8-3-4-15-11(8)12/h3-5,7,13H,6H2,1-2H3. The lowest BCUT2D eigenvalue weighted by Gasteiger charge is -2.03. The minimum atomic E-state index is 0.319. The van der Waals surface area contributed by atoms with Gasteiger partial charge in [0.1, 0.15) is 0 Å². The van der Waals surface area contributed by atoms with Crippen molar-refractivity contribution in [2.24, 2.45) is 0 Å². The zero-order valence-electron chi connectivity index (χ0n) is 9.16. The van der Waals surface area contributed by atoms with Crippen molar-refractivity contribution in [3.8, 4) is 11.3 Å². The summed E-state index contributed by atoms with van der Waals surface area (Å²) in [5.41, 5.74) is 0.727. The maximum atomic E-state index is 5.84. The van der Waals surface area contributed by atoms with E-state index in [2.05, 4.69) is 24.1 Å². The smallest absolute Gasteiger partial charge is 0.208 e. The van der Waals surface area contributed by atoms with Crippen LogP contribution in [-0.4, -0.2) is 11.0 Å². The quantitative estimate of drug-likeness (QED) is 0.892. The van der Waals surface area contributed by atoms with Crippen LogP contribution in [0.5, 0.6) is 0 Å². The van der Waals surface area contributed by atoms with Crippen LogP contribution in [-0.2, 0) is 6.54 Å². The molecule has 0 radical (unpaired) electrons. The third-order valence-electron chi connectivity index (χ3n) is 2.10. The van der Waals surface area contributed by atoms with Gasteiger partial charge < -0.3 is 14.2 Å². The van der Waals surface area contributed by atoms with E-state index in [1.165, 1.54) is 6.26 Å². The largest absolute Gasteiger partial charge is 0.452 e. The Morgan fingerprint density at radius 3 is 2.94 bits per heavy atom. The van der Waals surface area contributed by atoms with Crippen LogP contribution in [0.15, 0.2) is 27.4 Å². The first-order chi connectivity index (χ1) is 7.66. The van der Waals surface area contributed by atoms with Gasteiger partial charge in [-0.25, -0.2) is 4.98 Å². The molecule has 0 fully saturated rings. The van der Waals surface area contributed by atoms with Gasteiger partial charge in [-0.2, -0.15) is 0 Å². The van der Waals surface area contributed by atoms with Gasteiger partial charge in [0.15, 0.2) is 5.76 Å². The van der Waals surface area contributed by atoms with Gasteiger partial charge in [-0.05, 0) is 17.7 Å². The van der Waals surface area contributed by atoms with Gasteiger partial charge in [-0.3, -0.25) is 0 Å². The number of oxazole rings is 1. The fraction of sp³-hybridized carbons (Fsp3) is 0.364. The van der Waals surface area contributed by atoms with E-state index in [1.54, 1.807) is 12.3 Å². The average molecular weight is 241 g/mol. The van der Waals surface area contributed by atoms with Gasteiger partial charge >= 0.3 is 0 Å². The highest BCUT2D eigenvalue weighted by Gasteiger charge is 2.11. The SMILES string of the molecule is CC(C)NCc1ncc(-c2ccoc2Cl)o1. The van der Waals surface area contributed by atoms with Crippen molar-refractivity contribution in [1.29, 1.82) is 0 Å². The third kappa shape index (κ3) is 2.46. The number of halogens is 1. The summed E-state index contributed by atoms with van der Waals surface area (Å²) in [6.45, 7) is 4.74. The molecular formula is C11H13ClN2O2. The van der Waals surface area contributed by atoms with E-state index >= 15 is 0 Å². The van der Waals surface area contributed by atoms with Crippen LogP contribution in [0.1, 0.15) is 19.7 Å². The van der Waals surface area contributed by atoms with E-state index in [1.807, 2.05) is 0 Å². The molecule has 0 aliphatic rings. The first-order valence-electron chi connectivity index (χ1n) is 5.08. The molecular weight excluding hydrogens is 228 g/mol. The van der Waals surface area contributed by atoms with Gasteiger partial charge in [0.2, 0.25) is 11.1 Å². The van der Waals surface area contributed by atoms with Gasteiger partial charge in [-0.15, -0.1) is 0 Å². The van der Waals surface area contributed by atoms with Crippen LogP contribution in [0.2, 0.25) is 5.22 Å². The van der Waals surface area contributed by atoms with E-state index in [9.17, 15) is 0 Å². The molecule has 2 heterocycles. The second kappa shape index (κ2) is 4.72. The minimum absolute atomic E-state index is 0.319. The summed E-state index contributed by atoms with van der Waals surface area (Å²) in [7, 11) is 0. The number of aromatic nitrogens is 1. The second-order valence-corrected chi connectivity index (χ2v) is 4.11. The van der Waals surface area contributed by atoms with Crippen LogP contribution in [0, 0.1) is 0 Å². The van der Waals surface area contributed by atoms with Gasteiger partial charge in [0.25, 0.3) is 0 Å². The van der Waals surface area contributed by atoms with Crippen molar-refractivity contribution < 1.29 is 8.83 Å². The van der Waals surface area contributed by atoms with Gasteiger partial charge in [-0.1, -0.05) is 13.8 Å². The molecule has 0 saturated heterocycles. The average Bonchev–Trinajstić information content (AvgIpc) is 2.83. The normalized spacial score (nSPS) is 11.2. The highest BCUT2D eigenvalue weighted by molar-refractivity contribution is 6.31. The molecule has 16 heavy (non-hydrogen) atoms. The summed E-state index contributed by atoms with van der Waals surface area (Å²) in [4.78, 5) is 4.16. The highest BCUT2D eigenvalue weighted by atomic mass is 35.5. The Kier molecular flexibility index (Phi) is 3.31. The Hall–Kier alpha value is -1.26. The van der Waals surface area contributed by atoms with Crippen LogP contribution in [0.4, 0.5) is 0 Å². The Balaban J connectivity index is 2.11.